The molecule has 162 valence electrons. The highest BCUT2D eigenvalue weighted by atomic mass is 32.2. The van der Waals surface area contributed by atoms with E-state index in [0.717, 1.165) is 0 Å². The molecule has 1 aromatic heterocycles. The van der Waals surface area contributed by atoms with Crippen molar-refractivity contribution in [1.29, 1.82) is 0 Å². The average Bonchev–Trinajstić information content (AvgIpc) is 3.28. The van der Waals surface area contributed by atoms with Crippen LogP contribution in [0.1, 0.15) is 16.1 Å². The number of para-hydroxylation sites is 1. The first kappa shape index (κ1) is 21.1. The minimum atomic E-state index is -3.59. The Balaban J connectivity index is 1.41. The fourth-order valence-corrected chi connectivity index (χ4v) is 4.57. The molecule has 0 radical (unpaired) electrons. The number of morpholine rings is 1. The zero-order chi connectivity index (χ0) is 21.7. The first-order valence-corrected chi connectivity index (χ1v) is 11.2. The summed E-state index contributed by atoms with van der Waals surface area (Å²) in [6.07, 6.45) is 1.43. The molecular formula is C22H22N2O6S. The second-order valence-electron chi connectivity index (χ2n) is 6.87. The molecule has 9 heteroatoms. The molecule has 1 fully saturated rings. The number of ether oxygens (including phenoxy) is 2. The van der Waals surface area contributed by atoms with Gasteiger partial charge in [0.1, 0.15) is 12.4 Å². The van der Waals surface area contributed by atoms with E-state index < -0.39 is 15.9 Å². The van der Waals surface area contributed by atoms with E-state index in [1.165, 1.54) is 22.7 Å². The van der Waals surface area contributed by atoms with Crippen LogP contribution in [0.3, 0.4) is 0 Å². The molecule has 1 aliphatic heterocycles. The molecule has 2 heterocycles. The van der Waals surface area contributed by atoms with E-state index in [2.05, 4.69) is 5.32 Å². The average molecular weight is 442 g/mol. The lowest BCUT2D eigenvalue weighted by Crippen LogP contribution is -2.40. The Morgan fingerprint density at radius 1 is 1.00 bits per heavy atom. The maximum Gasteiger partial charge on any atom is 0.291 e. The number of hydrogen-bond donors (Lipinski definition) is 1. The largest absolute Gasteiger partial charge is 0.489 e. The van der Waals surface area contributed by atoms with Crippen molar-refractivity contribution >= 4 is 21.6 Å². The molecule has 0 unspecified atom stereocenters. The third kappa shape index (κ3) is 4.96. The molecule has 0 saturated carbocycles. The van der Waals surface area contributed by atoms with Crippen molar-refractivity contribution < 1.29 is 27.1 Å². The molecule has 4 rings (SSSR count). The highest BCUT2D eigenvalue weighted by Gasteiger charge is 2.26. The smallest absolute Gasteiger partial charge is 0.291 e. The molecule has 0 bridgehead atoms. The van der Waals surface area contributed by atoms with Crippen LogP contribution in [-0.2, 0) is 21.4 Å². The maximum atomic E-state index is 12.7. The van der Waals surface area contributed by atoms with Crippen LogP contribution in [0.25, 0.3) is 0 Å². The molecule has 0 spiro atoms. The van der Waals surface area contributed by atoms with E-state index in [9.17, 15) is 13.2 Å². The fourth-order valence-electron chi connectivity index (χ4n) is 3.16. The van der Waals surface area contributed by atoms with Gasteiger partial charge in [-0.2, -0.15) is 4.31 Å². The Hall–Kier alpha value is -3.14. The number of furan rings is 1. The predicted octanol–water partition coefficient (Wildman–Crippen LogP) is 3.13. The van der Waals surface area contributed by atoms with Crippen LogP contribution in [0, 0.1) is 0 Å². The van der Waals surface area contributed by atoms with Crippen molar-refractivity contribution in [2.24, 2.45) is 0 Å². The Labute approximate surface area is 180 Å². The van der Waals surface area contributed by atoms with Crippen LogP contribution in [0.2, 0.25) is 0 Å². The highest BCUT2D eigenvalue weighted by Crippen LogP contribution is 2.21. The van der Waals surface area contributed by atoms with E-state index in [1.807, 2.05) is 30.3 Å². The maximum absolute atomic E-state index is 12.7. The Kier molecular flexibility index (Phi) is 6.36. The topological polar surface area (TPSA) is 98.1 Å². The van der Waals surface area contributed by atoms with Crippen molar-refractivity contribution in [2.75, 3.05) is 31.6 Å². The monoisotopic (exact) mass is 442 g/mol. The Morgan fingerprint density at radius 2 is 1.71 bits per heavy atom. The van der Waals surface area contributed by atoms with Crippen LogP contribution in [0.5, 0.6) is 5.75 Å². The number of rotatable bonds is 7. The van der Waals surface area contributed by atoms with Gasteiger partial charge in [-0.1, -0.05) is 18.2 Å². The molecule has 0 aliphatic carbocycles. The molecule has 8 nitrogen and oxygen atoms in total. The third-order valence-electron chi connectivity index (χ3n) is 4.81. The number of sulfonamides is 1. The number of carbonyl (C=O) groups excluding carboxylic acids is 1. The normalized spacial score (nSPS) is 14.8. The summed E-state index contributed by atoms with van der Waals surface area (Å²) in [6.45, 7) is 1.60. The van der Waals surface area contributed by atoms with Gasteiger partial charge in [-0.3, -0.25) is 4.79 Å². The fraction of sp³-hybridized carbons (Fsp3) is 0.227. The van der Waals surface area contributed by atoms with Gasteiger partial charge in [-0.05, 0) is 42.5 Å². The van der Waals surface area contributed by atoms with Crippen molar-refractivity contribution in [3.8, 4) is 5.75 Å². The molecule has 1 N–H and O–H groups in total. The van der Waals surface area contributed by atoms with Gasteiger partial charge in [-0.25, -0.2) is 8.42 Å². The first-order valence-electron chi connectivity index (χ1n) is 9.77. The molecule has 0 atom stereocenters. The predicted molar refractivity (Wildman–Crippen MR) is 113 cm³/mol. The van der Waals surface area contributed by atoms with Crippen LogP contribution in [0.4, 0.5) is 5.69 Å². The van der Waals surface area contributed by atoms with E-state index in [1.54, 1.807) is 18.2 Å². The van der Waals surface area contributed by atoms with E-state index in [-0.39, 0.29) is 17.3 Å². The third-order valence-corrected chi connectivity index (χ3v) is 6.72. The minimum Gasteiger partial charge on any atom is -0.489 e. The number of nitrogens with one attached hydrogen (secondary N) is 1. The number of carbonyl (C=O) groups is 1. The summed E-state index contributed by atoms with van der Waals surface area (Å²) < 4.78 is 43.0. The second-order valence-corrected chi connectivity index (χ2v) is 8.81. The van der Waals surface area contributed by atoms with Gasteiger partial charge in [0.25, 0.3) is 5.91 Å². The van der Waals surface area contributed by atoms with Crippen LogP contribution in [-0.4, -0.2) is 44.9 Å². The summed E-state index contributed by atoms with van der Waals surface area (Å²) in [5, 5.41) is 2.72. The number of hydrogen-bond acceptors (Lipinski definition) is 6. The van der Waals surface area contributed by atoms with E-state index >= 15 is 0 Å². The minimum absolute atomic E-state index is 0.140. The van der Waals surface area contributed by atoms with E-state index in [4.69, 9.17) is 13.9 Å². The number of amides is 1. The molecule has 3 aromatic rings. The number of anilines is 1. The van der Waals surface area contributed by atoms with Gasteiger partial charge in [0.05, 0.1) is 24.4 Å². The lowest BCUT2D eigenvalue weighted by molar-refractivity contribution is 0.0730. The molecule has 31 heavy (non-hydrogen) atoms. The molecule has 2 aromatic carbocycles. The summed E-state index contributed by atoms with van der Waals surface area (Å²) in [5.41, 5.74) is 1.06. The van der Waals surface area contributed by atoms with Crippen LogP contribution < -0.4 is 10.1 Å². The van der Waals surface area contributed by atoms with Crippen molar-refractivity contribution in [3.05, 3.63) is 78.3 Å². The highest BCUT2D eigenvalue weighted by molar-refractivity contribution is 7.89. The summed E-state index contributed by atoms with van der Waals surface area (Å²) in [6, 6.07) is 17.0. The Bertz CT molecular complexity index is 1120. The summed E-state index contributed by atoms with van der Waals surface area (Å²) >= 11 is 0. The lowest BCUT2D eigenvalue weighted by Gasteiger charge is -2.26. The summed E-state index contributed by atoms with van der Waals surface area (Å²) in [7, 11) is -3.59. The van der Waals surface area contributed by atoms with Crippen LogP contribution in [0.15, 0.2) is 76.2 Å². The van der Waals surface area contributed by atoms with Gasteiger partial charge in [0, 0.05) is 24.3 Å². The molecule has 1 aliphatic rings. The van der Waals surface area contributed by atoms with Crippen LogP contribution >= 0.6 is 0 Å². The van der Waals surface area contributed by atoms with Crippen molar-refractivity contribution in [3.63, 3.8) is 0 Å². The quantitative estimate of drug-likeness (QED) is 0.604. The summed E-state index contributed by atoms with van der Waals surface area (Å²) in [5.74, 6) is 0.383. The zero-order valence-corrected chi connectivity index (χ0v) is 17.5. The molecule has 1 amide bonds. The van der Waals surface area contributed by atoms with Gasteiger partial charge in [0.15, 0.2) is 5.76 Å². The van der Waals surface area contributed by atoms with Gasteiger partial charge in [0.2, 0.25) is 10.0 Å². The second kappa shape index (κ2) is 9.34. The molecule has 1 saturated heterocycles. The van der Waals surface area contributed by atoms with Gasteiger partial charge < -0.3 is 19.2 Å². The number of benzene rings is 2. The number of nitrogens with zero attached hydrogens (tertiary/aromatic N) is 1. The summed E-state index contributed by atoms with van der Waals surface area (Å²) in [4.78, 5) is 12.8. The van der Waals surface area contributed by atoms with Gasteiger partial charge >= 0.3 is 0 Å². The molecular weight excluding hydrogens is 420 g/mol. The van der Waals surface area contributed by atoms with E-state index in [0.29, 0.717) is 43.3 Å². The van der Waals surface area contributed by atoms with Gasteiger partial charge in [-0.15, -0.1) is 0 Å². The Morgan fingerprint density at radius 3 is 2.42 bits per heavy atom. The standard InChI is InChI=1S/C22H22N2O6S/c25-22(21-17(10-13-29-21)16-30-19-4-2-1-3-5-19)23-18-6-8-20(9-7-18)31(26,27)24-11-14-28-15-12-24/h1-10,13H,11-12,14-16H2,(H,23,25). The van der Waals surface area contributed by atoms with Crippen molar-refractivity contribution in [1.82, 2.24) is 4.31 Å². The first-order chi connectivity index (χ1) is 15.0. The lowest BCUT2D eigenvalue weighted by atomic mass is 10.2. The SMILES string of the molecule is O=C(Nc1ccc(S(=O)(=O)N2CCOCC2)cc1)c1occc1COc1ccccc1. The zero-order valence-electron chi connectivity index (χ0n) is 16.7. The van der Waals surface area contributed by atoms with Crippen molar-refractivity contribution in [2.45, 2.75) is 11.5 Å².